The van der Waals surface area contributed by atoms with E-state index in [1.165, 1.54) is 7.11 Å². The molecule has 94 valence electrons. The summed E-state index contributed by atoms with van der Waals surface area (Å²) < 4.78 is 5.19. The number of nitrogens with zero attached hydrogens (tertiary/aromatic N) is 3. The van der Waals surface area contributed by atoms with Gasteiger partial charge < -0.3 is 10.1 Å². The molecule has 1 heterocycles. The molecule has 0 spiro atoms. The first kappa shape index (κ1) is 12.2. The molecule has 0 aliphatic rings. The number of ether oxygens (including phenoxy) is 1. The van der Waals surface area contributed by atoms with Crippen molar-refractivity contribution < 1.29 is 9.53 Å². The number of aromatic amines is 1. The Kier molecular flexibility index (Phi) is 3.98. The molecule has 7 heteroatoms. The van der Waals surface area contributed by atoms with Crippen molar-refractivity contribution in [1.29, 1.82) is 0 Å². The van der Waals surface area contributed by atoms with Gasteiger partial charge in [-0.3, -0.25) is 4.79 Å². The van der Waals surface area contributed by atoms with Gasteiger partial charge in [-0.1, -0.05) is 35.5 Å². The summed E-state index contributed by atoms with van der Waals surface area (Å²) in [5, 5.41) is 15.9. The van der Waals surface area contributed by atoms with Gasteiger partial charge in [0.05, 0.1) is 6.54 Å². The number of hydrogen-bond acceptors (Lipinski definition) is 5. The minimum atomic E-state index is -0.641. The molecule has 0 fully saturated rings. The van der Waals surface area contributed by atoms with E-state index in [2.05, 4.69) is 25.9 Å². The number of hydrogen-bond donors (Lipinski definition) is 2. The number of nitrogens with one attached hydrogen (secondary N) is 2. The molecule has 1 amide bonds. The highest BCUT2D eigenvalue weighted by atomic mass is 16.5. The van der Waals surface area contributed by atoms with Crippen LogP contribution < -0.4 is 5.32 Å². The standard InChI is InChI=1S/C11H13N5O2/c1-18-10(8-5-3-2-4-6-8)11(17)12-7-9-13-15-16-14-9/h2-6,10H,7H2,1H3,(H,12,17)(H,13,14,15,16). The van der Waals surface area contributed by atoms with Crippen LogP contribution in [-0.4, -0.2) is 33.6 Å². The molecule has 0 saturated carbocycles. The number of H-pyrrole nitrogens is 1. The first-order valence-corrected chi connectivity index (χ1v) is 5.39. The first-order chi connectivity index (χ1) is 8.81. The van der Waals surface area contributed by atoms with Crippen LogP contribution in [0.3, 0.4) is 0 Å². The van der Waals surface area contributed by atoms with Crippen LogP contribution in [0, 0.1) is 0 Å². The molecule has 0 saturated heterocycles. The average molecular weight is 247 g/mol. The van der Waals surface area contributed by atoms with Crippen LogP contribution in [0.15, 0.2) is 30.3 Å². The molecule has 0 bridgehead atoms. The van der Waals surface area contributed by atoms with Crippen LogP contribution in [-0.2, 0) is 16.1 Å². The van der Waals surface area contributed by atoms with Crippen molar-refractivity contribution in [1.82, 2.24) is 25.9 Å². The molecule has 0 aliphatic heterocycles. The van der Waals surface area contributed by atoms with Crippen molar-refractivity contribution in [3.05, 3.63) is 41.7 Å². The number of amides is 1. The topological polar surface area (TPSA) is 92.8 Å². The van der Waals surface area contributed by atoms with Crippen LogP contribution in [0.25, 0.3) is 0 Å². The summed E-state index contributed by atoms with van der Waals surface area (Å²) in [5.41, 5.74) is 0.797. The second kappa shape index (κ2) is 5.87. The lowest BCUT2D eigenvalue weighted by Crippen LogP contribution is -2.30. The van der Waals surface area contributed by atoms with Gasteiger partial charge >= 0.3 is 0 Å². The fourth-order valence-electron chi connectivity index (χ4n) is 1.54. The molecule has 2 aromatic rings. The Morgan fingerprint density at radius 2 is 2.22 bits per heavy atom. The molecule has 2 N–H and O–H groups in total. The molecular formula is C11H13N5O2. The normalized spacial score (nSPS) is 12.1. The molecule has 0 aliphatic carbocycles. The summed E-state index contributed by atoms with van der Waals surface area (Å²) >= 11 is 0. The van der Waals surface area contributed by atoms with E-state index in [1.54, 1.807) is 0 Å². The molecule has 1 unspecified atom stereocenters. The second-order valence-electron chi connectivity index (χ2n) is 3.57. The van der Waals surface area contributed by atoms with Crippen molar-refractivity contribution in [2.75, 3.05) is 7.11 Å². The number of tetrazole rings is 1. The summed E-state index contributed by atoms with van der Waals surface area (Å²) in [7, 11) is 1.49. The molecule has 18 heavy (non-hydrogen) atoms. The maximum atomic E-state index is 11.9. The summed E-state index contributed by atoms with van der Waals surface area (Å²) in [6.07, 6.45) is -0.641. The summed E-state index contributed by atoms with van der Waals surface area (Å²) in [6.45, 7) is 0.210. The van der Waals surface area contributed by atoms with Gasteiger partial charge in [0.25, 0.3) is 5.91 Å². The number of benzene rings is 1. The van der Waals surface area contributed by atoms with Gasteiger partial charge in [-0.2, -0.15) is 5.21 Å². The number of carbonyl (C=O) groups is 1. The zero-order valence-corrected chi connectivity index (χ0v) is 9.83. The number of rotatable bonds is 5. The largest absolute Gasteiger partial charge is 0.367 e. The average Bonchev–Trinajstić information content (AvgIpc) is 2.92. The summed E-state index contributed by atoms with van der Waals surface area (Å²) in [6, 6.07) is 9.26. The van der Waals surface area contributed by atoms with Crippen LogP contribution in [0.5, 0.6) is 0 Å². The summed E-state index contributed by atoms with van der Waals surface area (Å²) in [4.78, 5) is 11.9. The fourth-order valence-corrected chi connectivity index (χ4v) is 1.54. The molecule has 1 atom stereocenters. The number of carbonyl (C=O) groups excluding carboxylic acids is 1. The molecule has 1 aromatic heterocycles. The Hall–Kier alpha value is -2.28. The predicted molar refractivity (Wildman–Crippen MR) is 62.2 cm³/mol. The van der Waals surface area contributed by atoms with Crippen LogP contribution in [0.1, 0.15) is 17.5 Å². The van der Waals surface area contributed by atoms with E-state index < -0.39 is 6.10 Å². The van der Waals surface area contributed by atoms with Gasteiger partial charge in [0, 0.05) is 7.11 Å². The highest BCUT2D eigenvalue weighted by molar-refractivity contribution is 5.82. The van der Waals surface area contributed by atoms with Crippen molar-refractivity contribution in [2.24, 2.45) is 0 Å². The van der Waals surface area contributed by atoms with Crippen LogP contribution in [0.2, 0.25) is 0 Å². The van der Waals surface area contributed by atoms with Gasteiger partial charge in [0.1, 0.15) is 0 Å². The van der Waals surface area contributed by atoms with E-state index in [-0.39, 0.29) is 12.5 Å². The Morgan fingerprint density at radius 1 is 1.44 bits per heavy atom. The molecule has 0 radical (unpaired) electrons. The Labute approximate surface area is 104 Å². The maximum absolute atomic E-state index is 11.9. The van der Waals surface area contributed by atoms with Gasteiger partial charge in [-0.05, 0) is 5.56 Å². The lowest BCUT2D eigenvalue weighted by atomic mass is 10.1. The third kappa shape index (κ3) is 2.89. The molecule has 7 nitrogen and oxygen atoms in total. The van der Waals surface area contributed by atoms with Gasteiger partial charge in [-0.25, -0.2) is 0 Å². The zero-order valence-electron chi connectivity index (χ0n) is 9.83. The SMILES string of the molecule is COC(C(=O)NCc1nn[nH]n1)c1ccccc1. The van der Waals surface area contributed by atoms with E-state index in [4.69, 9.17) is 4.74 Å². The third-order valence-corrected chi connectivity index (χ3v) is 2.39. The second-order valence-corrected chi connectivity index (χ2v) is 3.57. The molecule has 2 rings (SSSR count). The monoisotopic (exact) mass is 247 g/mol. The zero-order chi connectivity index (χ0) is 12.8. The minimum Gasteiger partial charge on any atom is -0.367 e. The molecular weight excluding hydrogens is 234 g/mol. The quantitative estimate of drug-likeness (QED) is 0.787. The fraction of sp³-hybridized carbons (Fsp3) is 0.273. The van der Waals surface area contributed by atoms with Gasteiger partial charge in [0.2, 0.25) is 0 Å². The number of methoxy groups -OCH3 is 1. The van der Waals surface area contributed by atoms with Crippen molar-refractivity contribution in [3.8, 4) is 0 Å². The smallest absolute Gasteiger partial charge is 0.254 e. The Balaban J connectivity index is 1.98. The Bertz CT molecular complexity index is 485. The van der Waals surface area contributed by atoms with E-state index >= 15 is 0 Å². The summed E-state index contributed by atoms with van der Waals surface area (Å²) in [5.74, 6) is 0.180. The van der Waals surface area contributed by atoms with Gasteiger partial charge in [-0.15, -0.1) is 10.2 Å². The van der Waals surface area contributed by atoms with Gasteiger partial charge in [0.15, 0.2) is 11.9 Å². The van der Waals surface area contributed by atoms with Crippen molar-refractivity contribution in [3.63, 3.8) is 0 Å². The molecule has 1 aromatic carbocycles. The third-order valence-electron chi connectivity index (χ3n) is 2.39. The minimum absolute atomic E-state index is 0.210. The number of aromatic nitrogens is 4. The predicted octanol–water partition coefficient (Wildman–Crippen LogP) is 0.204. The van der Waals surface area contributed by atoms with Crippen molar-refractivity contribution >= 4 is 5.91 Å². The highest BCUT2D eigenvalue weighted by Gasteiger charge is 2.19. The lowest BCUT2D eigenvalue weighted by molar-refractivity contribution is -0.131. The van der Waals surface area contributed by atoms with E-state index in [9.17, 15) is 4.79 Å². The van der Waals surface area contributed by atoms with Crippen LogP contribution in [0.4, 0.5) is 0 Å². The van der Waals surface area contributed by atoms with Crippen molar-refractivity contribution in [2.45, 2.75) is 12.6 Å². The van der Waals surface area contributed by atoms with E-state index in [1.807, 2.05) is 30.3 Å². The lowest BCUT2D eigenvalue weighted by Gasteiger charge is -2.14. The Morgan fingerprint density at radius 3 is 2.83 bits per heavy atom. The van der Waals surface area contributed by atoms with E-state index in [0.717, 1.165) is 5.56 Å². The first-order valence-electron chi connectivity index (χ1n) is 5.39. The highest BCUT2D eigenvalue weighted by Crippen LogP contribution is 2.16. The van der Waals surface area contributed by atoms with Crippen LogP contribution >= 0.6 is 0 Å². The maximum Gasteiger partial charge on any atom is 0.254 e. The van der Waals surface area contributed by atoms with E-state index in [0.29, 0.717) is 5.82 Å².